The molecule has 3 aliphatic rings. The van der Waals surface area contributed by atoms with E-state index in [0.29, 0.717) is 6.54 Å². The second-order valence-corrected chi connectivity index (χ2v) is 10.1. The number of hydrogen-bond acceptors (Lipinski definition) is 4. The number of amides is 1. The normalized spacial score (nSPS) is 27.3. The number of rotatable bonds is 2. The molecule has 7 nitrogen and oxygen atoms in total. The monoisotopic (exact) mass is 468 g/mol. The van der Waals surface area contributed by atoms with E-state index in [2.05, 4.69) is 75.2 Å². The molecule has 176 valence electrons. The second-order valence-electron chi connectivity index (χ2n) is 10.1. The molecule has 2 aromatic heterocycles. The fraction of sp³-hybridized carbons (Fsp3) is 0.321. The van der Waals surface area contributed by atoms with Crippen LogP contribution >= 0.6 is 0 Å². The smallest absolute Gasteiger partial charge is 0.252 e. The highest BCUT2D eigenvalue weighted by atomic mass is 16.6. The van der Waals surface area contributed by atoms with Crippen molar-refractivity contribution >= 4 is 49.5 Å². The highest BCUT2D eigenvalue weighted by molar-refractivity contribution is 6.31. The van der Waals surface area contributed by atoms with Crippen LogP contribution in [0, 0.1) is 0 Å². The number of para-hydroxylation sites is 2. The van der Waals surface area contributed by atoms with E-state index in [1.807, 2.05) is 7.05 Å². The van der Waals surface area contributed by atoms with Crippen molar-refractivity contribution in [1.29, 1.82) is 0 Å². The lowest BCUT2D eigenvalue weighted by Crippen LogP contribution is -2.59. The van der Waals surface area contributed by atoms with Crippen LogP contribution in [0.3, 0.4) is 0 Å². The molecule has 0 unspecified atom stereocenters. The van der Waals surface area contributed by atoms with Gasteiger partial charge in [-0.05, 0) is 31.7 Å². The van der Waals surface area contributed by atoms with Crippen molar-refractivity contribution in [3.63, 3.8) is 0 Å². The third-order valence-electron chi connectivity index (χ3n) is 8.60. The first kappa shape index (κ1) is 19.9. The molecule has 1 saturated heterocycles. The topological polar surface area (TPSA) is 69.5 Å². The van der Waals surface area contributed by atoms with Crippen molar-refractivity contribution in [3.05, 3.63) is 59.7 Å². The van der Waals surface area contributed by atoms with E-state index in [1.165, 1.54) is 0 Å². The van der Waals surface area contributed by atoms with Gasteiger partial charge in [-0.25, -0.2) is 0 Å². The second kappa shape index (κ2) is 6.43. The molecule has 0 spiro atoms. The van der Waals surface area contributed by atoms with Gasteiger partial charge in [0, 0.05) is 47.7 Å². The molecule has 0 radical (unpaired) electrons. The average molecular weight is 469 g/mol. The van der Waals surface area contributed by atoms with E-state index >= 15 is 0 Å². The van der Waals surface area contributed by atoms with Gasteiger partial charge < -0.3 is 29.2 Å². The van der Waals surface area contributed by atoms with Gasteiger partial charge in [-0.3, -0.25) is 4.79 Å². The molecule has 4 atom stereocenters. The highest BCUT2D eigenvalue weighted by Crippen LogP contribution is 2.53. The van der Waals surface area contributed by atoms with Crippen molar-refractivity contribution in [2.24, 2.45) is 0 Å². The molecule has 0 saturated carbocycles. The predicted molar refractivity (Wildman–Crippen MR) is 136 cm³/mol. The van der Waals surface area contributed by atoms with Crippen molar-refractivity contribution in [1.82, 2.24) is 19.8 Å². The molecule has 5 heterocycles. The molecule has 2 bridgehead atoms. The Morgan fingerprint density at radius 2 is 1.77 bits per heavy atom. The van der Waals surface area contributed by atoms with Gasteiger partial charge >= 0.3 is 0 Å². The Bertz CT molecular complexity index is 1750. The fourth-order valence-electron chi connectivity index (χ4n) is 7.33. The first-order chi connectivity index (χ1) is 17.1. The van der Waals surface area contributed by atoms with E-state index in [1.54, 1.807) is 7.11 Å². The maximum Gasteiger partial charge on any atom is 0.252 e. The van der Waals surface area contributed by atoms with E-state index in [4.69, 9.17) is 9.47 Å². The molecule has 5 aromatic rings. The summed E-state index contributed by atoms with van der Waals surface area (Å²) < 4.78 is 18.0. The Labute approximate surface area is 201 Å². The maximum atomic E-state index is 13.3. The number of fused-ring (bicyclic) bond motifs is 13. The summed E-state index contributed by atoms with van der Waals surface area (Å²) in [5, 5.41) is 11.0. The van der Waals surface area contributed by atoms with Crippen LogP contribution in [-0.2, 0) is 21.7 Å². The third kappa shape index (κ3) is 2.12. The molecule has 7 heteroatoms. The minimum atomic E-state index is -0.760. The first-order valence-electron chi connectivity index (χ1n) is 12.3. The van der Waals surface area contributed by atoms with Crippen molar-refractivity contribution < 1.29 is 14.3 Å². The number of hydrogen-bond donors (Lipinski definition) is 2. The van der Waals surface area contributed by atoms with Crippen LogP contribution in [0.25, 0.3) is 43.6 Å². The number of benzene rings is 3. The van der Waals surface area contributed by atoms with Gasteiger partial charge in [-0.1, -0.05) is 36.4 Å². The van der Waals surface area contributed by atoms with Gasteiger partial charge in [0.05, 0.1) is 27.6 Å². The van der Waals surface area contributed by atoms with Crippen molar-refractivity contribution in [2.75, 3.05) is 14.2 Å². The zero-order valence-corrected chi connectivity index (χ0v) is 19.9. The molecule has 0 aliphatic carbocycles. The van der Waals surface area contributed by atoms with E-state index < -0.39 is 5.72 Å². The highest BCUT2D eigenvalue weighted by Gasteiger charge is 2.53. The summed E-state index contributed by atoms with van der Waals surface area (Å²) in [7, 11) is 3.77. The third-order valence-corrected chi connectivity index (χ3v) is 8.60. The van der Waals surface area contributed by atoms with Crippen LogP contribution in [0.1, 0.15) is 35.5 Å². The zero-order valence-electron chi connectivity index (χ0n) is 19.9. The van der Waals surface area contributed by atoms with Crippen LogP contribution in [0.4, 0.5) is 0 Å². The molecule has 1 amide bonds. The summed E-state index contributed by atoms with van der Waals surface area (Å²) in [6.45, 7) is 2.68. The van der Waals surface area contributed by atoms with Crippen LogP contribution in [0.2, 0.25) is 0 Å². The summed E-state index contributed by atoms with van der Waals surface area (Å²) in [4.78, 5) is 13.3. The quantitative estimate of drug-likeness (QED) is 0.404. The molecule has 2 N–H and O–H groups in total. The Morgan fingerprint density at radius 1 is 1.06 bits per heavy atom. The SMILES string of the molecule is CN[C@@H]1C[C@H]2O[C@@](C)([C@@H]1OC)[15n]1c3ccccc3c3c4c(c5c6ccccc6[15n]2c5c31)C(=O)NC4. The lowest BCUT2D eigenvalue weighted by Gasteiger charge is -2.48. The number of carbonyl (C=O) groups excluding carboxylic acids is 1. The standard InChI is InChI=1S/C28H26N4O3/c1-28-26(34-3)17(29-2)12-20(35-28)31-18-10-6-4-8-14(18)22-23-16(13-30-27(23)33)21-15-9-5-7-11-19(15)32(28)25(21)24(22)31/h4-11,17,20,26,29H,12-13H2,1-3H3,(H,30,33)/t17-,20-,26-,28+/m1/s1/i31+1,32+1. The van der Waals surface area contributed by atoms with Gasteiger partial charge in [-0.2, -0.15) is 0 Å². The van der Waals surface area contributed by atoms with Crippen LogP contribution in [0.5, 0.6) is 0 Å². The first-order valence-corrected chi connectivity index (χ1v) is 12.3. The number of likely N-dealkylation sites (N-methyl/N-ethyl adjacent to an activating group) is 1. The fourth-order valence-corrected chi connectivity index (χ4v) is 7.33. The number of nitrogens with zero attached hydrogens (tertiary/aromatic N) is 2. The predicted octanol–water partition coefficient (Wildman–Crippen LogP) is 4.35. The van der Waals surface area contributed by atoms with E-state index in [0.717, 1.165) is 61.2 Å². The van der Waals surface area contributed by atoms with Crippen molar-refractivity contribution in [3.8, 4) is 0 Å². The van der Waals surface area contributed by atoms with E-state index in [-0.39, 0.29) is 24.3 Å². The molecule has 3 aliphatic heterocycles. The lowest BCUT2D eigenvalue weighted by atomic mass is 9.95. The Kier molecular flexibility index (Phi) is 3.65. The Morgan fingerprint density at radius 3 is 2.51 bits per heavy atom. The summed E-state index contributed by atoms with van der Waals surface area (Å²) >= 11 is 0. The van der Waals surface area contributed by atoms with E-state index in [9.17, 15) is 4.79 Å². The minimum Gasteiger partial charge on any atom is -0.375 e. The number of methoxy groups -OCH3 is 1. The molecule has 8 rings (SSSR count). The van der Waals surface area contributed by atoms with Crippen molar-refractivity contribution in [2.45, 2.75) is 44.0 Å². The minimum absolute atomic E-state index is 0.00357. The molecule has 1 fully saturated rings. The lowest BCUT2D eigenvalue weighted by molar-refractivity contribution is -0.256. The number of carbonyl (C=O) groups is 1. The van der Waals surface area contributed by atoms with Gasteiger partial charge in [0.2, 0.25) is 0 Å². The Balaban J connectivity index is 1.72. The molecular formula is C28H26N4O3. The average Bonchev–Trinajstić information content (AvgIpc) is 3.51. The van der Waals surface area contributed by atoms with Crippen LogP contribution < -0.4 is 10.6 Å². The summed E-state index contributed by atoms with van der Waals surface area (Å²) in [6, 6.07) is 17.0. The number of aromatic nitrogens is 2. The number of nitrogens with one attached hydrogen (secondary N) is 2. The van der Waals surface area contributed by atoms with Gasteiger partial charge in [0.15, 0.2) is 5.72 Å². The maximum absolute atomic E-state index is 13.3. The van der Waals surface area contributed by atoms with Crippen LogP contribution in [0.15, 0.2) is 48.5 Å². The van der Waals surface area contributed by atoms with Crippen LogP contribution in [-0.4, -0.2) is 41.3 Å². The zero-order chi connectivity index (χ0) is 23.6. The Hall–Kier alpha value is -3.39. The summed E-state index contributed by atoms with van der Waals surface area (Å²) in [6.07, 6.45) is 0.337. The molecular weight excluding hydrogens is 442 g/mol. The largest absolute Gasteiger partial charge is 0.375 e. The summed E-state index contributed by atoms with van der Waals surface area (Å²) in [5.74, 6) is 0.00357. The molecule has 35 heavy (non-hydrogen) atoms. The number of ether oxygens (including phenoxy) is 2. The van der Waals surface area contributed by atoms with Gasteiger partial charge in [0.25, 0.3) is 5.91 Å². The summed E-state index contributed by atoms with van der Waals surface area (Å²) in [5.41, 5.74) is 5.51. The van der Waals surface area contributed by atoms with Gasteiger partial charge in [0.1, 0.15) is 12.3 Å². The molecule has 3 aromatic carbocycles. The van der Waals surface area contributed by atoms with Gasteiger partial charge in [-0.15, -0.1) is 0 Å².